The Morgan fingerprint density at radius 3 is 2.83 bits per heavy atom. The second kappa shape index (κ2) is 6.07. The molecule has 1 aliphatic rings. The topological polar surface area (TPSA) is 55.7 Å². The summed E-state index contributed by atoms with van der Waals surface area (Å²) in [5.74, 6) is -0.0844. The van der Waals surface area contributed by atoms with E-state index in [1.807, 2.05) is 13.1 Å². The van der Waals surface area contributed by atoms with E-state index in [1.54, 1.807) is 12.1 Å². The molecule has 100 valence electrons. The number of hydrogen-bond donors (Lipinski definition) is 3. The van der Waals surface area contributed by atoms with Crippen molar-refractivity contribution in [3.63, 3.8) is 0 Å². The van der Waals surface area contributed by atoms with Crippen molar-refractivity contribution in [2.24, 2.45) is 0 Å². The van der Waals surface area contributed by atoms with E-state index in [9.17, 15) is 10.2 Å². The average Bonchev–Trinajstić information content (AvgIpc) is 2.37. The third kappa shape index (κ3) is 3.15. The van der Waals surface area contributed by atoms with Crippen molar-refractivity contribution in [1.82, 2.24) is 10.2 Å². The van der Waals surface area contributed by atoms with Crippen molar-refractivity contribution < 1.29 is 10.2 Å². The second-order valence-corrected chi connectivity index (χ2v) is 5.00. The molecular weight excluding hydrogens is 228 g/mol. The molecule has 0 amide bonds. The Hall–Kier alpha value is -1.26. The van der Waals surface area contributed by atoms with Crippen molar-refractivity contribution in [2.75, 3.05) is 20.1 Å². The third-order valence-corrected chi connectivity index (χ3v) is 3.61. The average molecular weight is 250 g/mol. The van der Waals surface area contributed by atoms with Crippen LogP contribution in [0.4, 0.5) is 0 Å². The van der Waals surface area contributed by atoms with Gasteiger partial charge in [-0.05, 0) is 44.1 Å². The number of likely N-dealkylation sites (N-methyl/N-ethyl adjacent to an activating group) is 1. The quantitative estimate of drug-likeness (QED) is 0.712. The van der Waals surface area contributed by atoms with Crippen LogP contribution in [0.15, 0.2) is 18.2 Å². The Bertz CT molecular complexity index is 393. The number of aromatic hydroxyl groups is 2. The number of phenolic OH excluding ortho intramolecular Hbond substituents is 2. The van der Waals surface area contributed by atoms with Crippen molar-refractivity contribution in [3.8, 4) is 11.5 Å². The van der Waals surface area contributed by atoms with Gasteiger partial charge in [-0.3, -0.25) is 4.90 Å². The molecule has 4 heteroatoms. The largest absolute Gasteiger partial charge is 0.504 e. The summed E-state index contributed by atoms with van der Waals surface area (Å²) in [6, 6.07) is 5.65. The summed E-state index contributed by atoms with van der Waals surface area (Å²) in [5.41, 5.74) is 1.05. The van der Waals surface area contributed by atoms with Gasteiger partial charge >= 0.3 is 0 Å². The highest BCUT2D eigenvalue weighted by Gasteiger charge is 2.21. The van der Waals surface area contributed by atoms with Crippen LogP contribution in [-0.2, 0) is 6.54 Å². The first kappa shape index (κ1) is 13.2. The lowest BCUT2D eigenvalue weighted by atomic mass is 10.0. The van der Waals surface area contributed by atoms with Gasteiger partial charge in [0.2, 0.25) is 0 Å². The third-order valence-electron chi connectivity index (χ3n) is 3.61. The molecule has 18 heavy (non-hydrogen) atoms. The van der Waals surface area contributed by atoms with Gasteiger partial charge in [0.1, 0.15) is 0 Å². The number of nitrogens with one attached hydrogen (secondary N) is 1. The van der Waals surface area contributed by atoms with Crippen molar-refractivity contribution in [3.05, 3.63) is 23.8 Å². The highest BCUT2D eigenvalue weighted by molar-refractivity contribution is 5.40. The molecule has 1 aromatic rings. The lowest BCUT2D eigenvalue weighted by Gasteiger charge is -2.35. The van der Waals surface area contributed by atoms with E-state index in [2.05, 4.69) is 10.2 Å². The minimum absolute atomic E-state index is 0.0327. The zero-order valence-electron chi connectivity index (χ0n) is 10.9. The molecule has 0 aliphatic carbocycles. The highest BCUT2D eigenvalue weighted by Crippen LogP contribution is 2.27. The van der Waals surface area contributed by atoms with Crippen LogP contribution in [0, 0.1) is 0 Å². The van der Waals surface area contributed by atoms with Crippen molar-refractivity contribution in [2.45, 2.75) is 31.8 Å². The van der Waals surface area contributed by atoms with Crippen LogP contribution in [0.1, 0.15) is 24.8 Å². The van der Waals surface area contributed by atoms with Gasteiger partial charge in [-0.25, -0.2) is 0 Å². The van der Waals surface area contributed by atoms with Gasteiger partial charge in [0.15, 0.2) is 11.5 Å². The van der Waals surface area contributed by atoms with E-state index in [0.717, 1.165) is 25.2 Å². The molecule has 1 saturated heterocycles. The molecule has 2 rings (SSSR count). The lowest BCUT2D eigenvalue weighted by Crippen LogP contribution is -2.44. The van der Waals surface area contributed by atoms with E-state index >= 15 is 0 Å². The molecule has 0 bridgehead atoms. The van der Waals surface area contributed by atoms with E-state index in [-0.39, 0.29) is 11.5 Å². The Morgan fingerprint density at radius 1 is 1.28 bits per heavy atom. The molecule has 3 N–H and O–H groups in total. The molecule has 4 nitrogen and oxygen atoms in total. The van der Waals surface area contributed by atoms with E-state index in [1.165, 1.54) is 19.3 Å². The zero-order chi connectivity index (χ0) is 13.0. The summed E-state index contributed by atoms with van der Waals surface area (Å²) in [6.07, 6.45) is 3.76. The highest BCUT2D eigenvalue weighted by atomic mass is 16.3. The lowest BCUT2D eigenvalue weighted by molar-refractivity contribution is 0.139. The molecule has 0 radical (unpaired) electrons. The number of phenols is 2. The fraction of sp³-hybridized carbons (Fsp3) is 0.571. The Labute approximate surface area is 108 Å². The standard InChI is InChI=1S/C14H22N2O2/c1-15-9-12-4-2-3-7-16(12)10-11-5-6-13(17)14(18)8-11/h5-6,8,12,15,17-18H,2-4,7,9-10H2,1H3. The predicted molar refractivity (Wildman–Crippen MR) is 71.7 cm³/mol. The zero-order valence-corrected chi connectivity index (χ0v) is 10.9. The smallest absolute Gasteiger partial charge is 0.157 e. The van der Waals surface area contributed by atoms with Gasteiger partial charge in [-0.2, -0.15) is 0 Å². The van der Waals surface area contributed by atoms with Gasteiger partial charge < -0.3 is 15.5 Å². The Morgan fingerprint density at radius 2 is 2.11 bits per heavy atom. The van der Waals surface area contributed by atoms with Gasteiger partial charge in [-0.1, -0.05) is 12.5 Å². The number of nitrogens with zero attached hydrogens (tertiary/aromatic N) is 1. The molecule has 1 aliphatic heterocycles. The molecule has 1 atom stereocenters. The number of likely N-dealkylation sites (tertiary alicyclic amines) is 1. The molecule has 0 aromatic heterocycles. The van der Waals surface area contributed by atoms with Crippen LogP contribution < -0.4 is 5.32 Å². The molecule has 0 saturated carbocycles. The summed E-state index contributed by atoms with van der Waals surface area (Å²) in [7, 11) is 1.99. The van der Waals surface area contributed by atoms with Crippen LogP contribution in [0.5, 0.6) is 11.5 Å². The van der Waals surface area contributed by atoms with E-state index in [0.29, 0.717) is 6.04 Å². The van der Waals surface area contributed by atoms with Crippen LogP contribution >= 0.6 is 0 Å². The summed E-state index contributed by atoms with van der Waals surface area (Å²) in [4.78, 5) is 2.45. The molecule has 1 aromatic carbocycles. The number of hydrogen-bond acceptors (Lipinski definition) is 4. The fourth-order valence-electron chi connectivity index (χ4n) is 2.64. The minimum atomic E-state index is -0.0517. The Kier molecular flexibility index (Phi) is 4.44. The normalized spacial score (nSPS) is 21.1. The van der Waals surface area contributed by atoms with E-state index < -0.39 is 0 Å². The second-order valence-electron chi connectivity index (χ2n) is 5.00. The molecule has 0 spiro atoms. The maximum atomic E-state index is 9.52. The number of rotatable bonds is 4. The number of benzene rings is 1. The molecule has 1 heterocycles. The first-order valence-corrected chi connectivity index (χ1v) is 6.60. The summed E-state index contributed by atoms with van der Waals surface area (Å²) < 4.78 is 0. The Balaban J connectivity index is 2.03. The SMILES string of the molecule is CNCC1CCCCN1Cc1ccc(O)c(O)c1. The summed E-state index contributed by atoms with van der Waals surface area (Å²) in [5, 5.41) is 22.1. The van der Waals surface area contributed by atoms with Crippen LogP contribution in [0.25, 0.3) is 0 Å². The first-order chi connectivity index (χ1) is 8.70. The monoisotopic (exact) mass is 250 g/mol. The molecular formula is C14H22N2O2. The maximum absolute atomic E-state index is 9.52. The van der Waals surface area contributed by atoms with Crippen LogP contribution in [-0.4, -0.2) is 41.3 Å². The van der Waals surface area contributed by atoms with Gasteiger partial charge in [0, 0.05) is 19.1 Å². The van der Waals surface area contributed by atoms with Crippen LogP contribution in [0.3, 0.4) is 0 Å². The minimum Gasteiger partial charge on any atom is -0.504 e. The van der Waals surface area contributed by atoms with Crippen LogP contribution in [0.2, 0.25) is 0 Å². The van der Waals surface area contributed by atoms with E-state index in [4.69, 9.17) is 0 Å². The van der Waals surface area contributed by atoms with Crippen molar-refractivity contribution >= 4 is 0 Å². The van der Waals surface area contributed by atoms with Gasteiger partial charge in [-0.15, -0.1) is 0 Å². The predicted octanol–water partition coefficient (Wildman–Crippen LogP) is 1.67. The van der Waals surface area contributed by atoms with Gasteiger partial charge in [0.05, 0.1) is 0 Å². The summed E-state index contributed by atoms with van der Waals surface area (Å²) in [6.45, 7) is 2.94. The molecule has 1 fully saturated rings. The molecule has 1 unspecified atom stereocenters. The van der Waals surface area contributed by atoms with Gasteiger partial charge in [0.25, 0.3) is 0 Å². The maximum Gasteiger partial charge on any atom is 0.157 e. The summed E-state index contributed by atoms with van der Waals surface area (Å²) >= 11 is 0. The fourth-order valence-corrected chi connectivity index (χ4v) is 2.64. The first-order valence-electron chi connectivity index (χ1n) is 6.60. The number of piperidine rings is 1. The van der Waals surface area contributed by atoms with Crippen molar-refractivity contribution in [1.29, 1.82) is 0 Å².